The molecule has 5 nitrogen and oxygen atoms in total. The molecular formula is C19H29ClN2O3. The number of halogens is 1. The van der Waals surface area contributed by atoms with Crippen LogP contribution in [0.25, 0.3) is 0 Å². The molecule has 1 aromatic rings. The van der Waals surface area contributed by atoms with Crippen LogP contribution in [0.15, 0.2) is 18.2 Å². The molecule has 2 unspecified atom stereocenters. The second-order valence-electron chi connectivity index (χ2n) is 6.52. The number of ether oxygens (including phenoxy) is 2. The predicted octanol–water partition coefficient (Wildman–Crippen LogP) is 3.72. The van der Waals surface area contributed by atoms with Crippen molar-refractivity contribution >= 4 is 23.2 Å². The third-order valence-electron chi connectivity index (χ3n) is 4.55. The zero-order valence-electron chi connectivity index (χ0n) is 15.1. The molecule has 2 atom stereocenters. The molecule has 6 heteroatoms. The van der Waals surface area contributed by atoms with Crippen LogP contribution in [0.5, 0.6) is 5.75 Å². The van der Waals surface area contributed by atoms with Crippen molar-refractivity contribution < 1.29 is 14.3 Å². The fourth-order valence-corrected chi connectivity index (χ4v) is 3.28. The number of amides is 1. The van der Waals surface area contributed by atoms with Gasteiger partial charge in [0, 0.05) is 18.1 Å². The molecule has 140 valence electrons. The van der Waals surface area contributed by atoms with Gasteiger partial charge in [-0.05, 0) is 62.9 Å². The van der Waals surface area contributed by atoms with Crippen LogP contribution in [0.1, 0.15) is 33.1 Å². The van der Waals surface area contributed by atoms with Crippen LogP contribution in [0.3, 0.4) is 0 Å². The summed E-state index contributed by atoms with van der Waals surface area (Å²) in [5.41, 5.74) is 0.614. The predicted molar refractivity (Wildman–Crippen MR) is 101 cm³/mol. The molecule has 1 aliphatic heterocycles. The average Bonchev–Trinajstić information content (AvgIpc) is 2.61. The van der Waals surface area contributed by atoms with Gasteiger partial charge in [-0.15, -0.1) is 0 Å². The summed E-state index contributed by atoms with van der Waals surface area (Å²) in [5.74, 6) is 1.51. The number of benzene rings is 1. The van der Waals surface area contributed by atoms with E-state index in [-0.39, 0.29) is 5.91 Å². The van der Waals surface area contributed by atoms with Crippen molar-refractivity contribution in [3.8, 4) is 5.75 Å². The van der Waals surface area contributed by atoms with E-state index in [0.717, 1.165) is 13.1 Å². The van der Waals surface area contributed by atoms with E-state index in [1.807, 2.05) is 6.92 Å². The molecule has 0 radical (unpaired) electrons. The van der Waals surface area contributed by atoms with Crippen molar-refractivity contribution in [2.24, 2.45) is 11.8 Å². The van der Waals surface area contributed by atoms with Gasteiger partial charge in [0.05, 0.1) is 12.3 Å². The molecule has 2 rings (SSSR count). The first-order valence-corrected chi connectivity index (χ1v) is 9.48. The largest absolute Gasteiger partial charge is 0.489 e. The zero-order valence-corrected chi connectivity index (χ0v) is 15.9. The number of hydrogen-bond acceptors (Lipinski definition) is 4. The number of nitrogens with one attached hydrogen (secondary N) is 2. The Balaban J connectivity index is 1.90. The number of piperidine rings is 1. The van der Waals surface area contributed by atoms with Crippen LogP contribution in [0, 0.1) is 11.8 Å². The highest BCUT2D eigenvalue weighted by Crippen LogP contribution is 2.29. The summed E-state index contributed by atoms with van der Waals surface area (Å²) < 4.78 is 11.0. The Hall–Kier alpha value is -1.30. The van der Waals surface area contributed by atoms with Crippen LogP contribution in [-0.4, -0.2) is 38.8 Å². The molecule has 1 aromatic carbocycles. The minimum atomic E-state index is -0.00463. The first-order valence-electron chi connectivity index (χ1n) is 9.10. The van der Waals surface area contributed by atoms with Crippen LogP contribution in [-0.2, 0) is 9.53 Å². The summed E-state index contributed by atoms with van der Waals surface area (Å²) in [6, 6.07) is 5.25. The summed E-state index contributed by atoms with van der Waals surface area (Å²) >= 11 is 6.07. The quantitative estimate of drug-likeness (QED) is 0.652. The summed E-state index contributed by atoms with van der Waals surface area (Å²) in [4.78, 5) is 12.5. The first-order chi connectivity index (χ1) is 12.1. The highest BCUT2D eigenvalue weighted by Gasteiger charge is 2.22. The second kappa shape index (κ2) is 10.6. The normalized spacial score (nSPS) is 18.6. The molecule has 0 spiro atoms. The Bertz CT molecular complexity index is 547. The maximum Gasteiger partial charge on any atom is 0.224 e. The molecule has 1 fully saturated rings. The van der Waals surface area contributed by atoms with Gasteiger partial charge in [0.2, 0.25) is 5.91 Å². The Kier molecular flexibility index (Phi) is 8.52. The lowest BCUT2D eigenvalue weighted by atomic mass is 9.85. The molecule has 1 saturated heterocycles. The average molecular weight is 369 g/mol. The standard InChI is InChI=1S/C19H29ClN2O3/c1-3-24-9-10-25-18-7-6-16(20)12-17(18)22-19(23)11-14(2)15-5-4-8-21-13-15/h6-7,12,14-15,21H,3-5,8-11,13H2,1-2H3,(H,22,23). The lowest BCUT2D eigenvalue weighted by Crippen LogP contribution is -2.34. The highest BCUT2D eigenvalue weighted by atomic mass is 35.5. The number of carbonyl (C=O) groups is 1. The molecule has 0 saturated carbocycles. The van der Waals surface area contributed by atoms with Gasteiger partial charge in [-0.3, -0.25) is 4.79 Å². The number of hydrogen-bond donors (Lipinski definition) is 2. The number of anilines is 1. The smallest absolute Gasteiger partial charge is 0.224 e. The molecule has 1 heterocycles. The van der Waals surface area contributed by atoms with Gasteiger partial charge in [0.15, 0.2) is 0 Å². The molecule has 0 aliphatic carbocycles. The first kappa shape index (κ1) is 20.0. The maximum absolute atomic E-state index is 12.5. The van der Waals surface area contributed by atoms with Gasteiger partial charge in [0.1, 0.15) is 12.4 Å². The van der Waals surface area contributed by atoms with E-state index in [0.29, 0.717) is 54.5 Å². The van der Waals surface area contributed by atoms with Crippen LogP contribution >= 0.6 is 11.6 Å². The topological polar surface area (TPSA) is 59.6 Å². The lowest BCUT2D eigenvalue weighted by molar-refractivity contribution is -0.117. The third-order valence-corrected chi connectivity index (χ3v) is 4.79. The minimum Gasteiger partial charge on any atom is -0.489 e. The van der Waals surface area contributed by atoms with Gasteiger partial charge < -0.3 is 20.1 Å². The summed E-state index contributed by atoms with van der Waals surface area (Å²) in [7, 11) is 0. The Labute approximate surface area is 155 Å². The molecule has 0 bridgehead atoms. The SMILES string of the molecule is CCOCCOc1ccc(Cl)cc1NC(=O)CC(C)C1CCCNC1. The summed E-state index contributed by atoms with van der Waals surface area (Å²) in [6.07, 6.45) is 2.87. The van der Waals surface area contributed by atoms with E-state index in [2.05, 4.69) is 17.6 Å². The van der Waals surface area contributed by atoms with Crippen molar-refractivity contribution in [2.75, 3.05) is 38.2 Å². The van der Waals surface area contributed by atoms with Gasteiger partial charge >= 0.3 is 0 Å². The van der Waals surface area contributed by atoms with Crippen LogP contribution < -0.4 is 15.4 Å². The Morgan fingerprint density at radius 2 is 2.28 bits per heavy atom. The summed E-state index contributed by atoms with van der Waals surface area (Å²) in [5, 5.41) is 6.93. The Morgan fingerprint density at radius 1 is 1.44 bits per heavy atom. The zero-order chi connectivity index (χ0) is 18.1. The van der Waals surface area contributed by atoms with Gasteiger partial charge in [0.25, 0.3) is 0 Å². The van der Waals surface area contributed by atoms with Gasteiger partial charge in [-0.1, -0.05) is 18.5 Å². The van der Waals surface area contributed by atoms with Crippen molar-refractivity contribution in [3.05, 3.63) is 23.2 Å². The van der Waals surface area contributed by atoms with Crippen molar-refractivity contribution in [2.45, 2.75) is 33.1 Å². The molecule has 1 amide bonds. The van der Waals surface area contributed by atoms with Crippen molar-refractivity contribution in [3.63, 3.8) is 0 Å². The fraction of sp³-hybridized carbons (Fsp3) is 0.632. The number of rotatable bonds is 9. The molecule has 1 aliphatic rings. The van der Waals surface area contributed by atoms with Crippen LogP contribution in [0.4, 0.5) is 5.69 Å². The highest BCUT2D eigenvalue weighted by molar-refractivity contribution is 6.31. The fourth-order valence-electron chi connectivity index (χ4n) is 3.11. The third kappa shape index (κ3) is 6.84. The van der Waals surface area contributed by atoms with E-state index in [9.17, 15) is 4.79 Å². The summed E-state index contributed by atoms with van der Waals surface area (Å²) in [6.45, 7) is 7.77. The monoisotopic (exact) mass is 368 g/mol. The maximum atomic E-state index is 12.5. The molecule has 0 aromatic heterocycles. The van der Waals surface area contributed by atoms with Gasteiger partial charge in [-0.25, -0.2) is 0 Å². The van der Waals surface area contributed by atoms with E-state index < -0.39 is 0 Å². The van der Waals surface area contributed by atoms with Crippen LogP contribution in [0.2, 0.25) is 5.02 Å². The number of carbonyl (C=O) groups excluding carboxylic acids is 1. The van der Waals surface area contributed by atoms with E-state index in [1.54, 1.807) is 18.2 Å². The lowest BCUT2D eigenvalue weighted by Gasteiger charge is -2.28. The van der Waals surface area contributed by atoms with Crippen molar-refractivity contribution in [1.29, 1.82) is 0 Å². The minimum absolute atomic E-state index is 0.00463. The molecule has 25 heavy (non-hydrogen) atoms. The van der Waals surface area contributed by atoms with Gasteiger partial charge in [-0.2, -0.15) is 0 Å². The second-order valence-corrected chi connectivity index (χ2v) is 6.96. The Morgan fingerprint density at radius 3 is 3.00 bits per heavy atom. The molecular weight excluding hydrogens is 340 g/mol. The van der Waals surface area contributed by atoms with E-state index in [1.165, 1.54) is 12.8 Å². The van der Waals surface area contributed by atoms with Crippen molar-refractivity contribution in [1.82, 2.24) is 5.32 Å². The van der Waals surface area contributed by atoms with E-state index in [4.69, 9.17) is 21.1 Å². The van der Waals surface area contributed by atoms with E-state index >= 15 is 0 Å². The molecule has 2 N–H and O–H groups in total.